The van der Waals surface area contributed by atoms with Crippen molar-refractivity contribution < 1.29 is 24.2 Å². The number of ether oxygens (including phenoxy) is 1. The third-order valence-corrected chi connectivity index (χ3v) is 8.34. The highest BCUT2D eigenvalue weighted by molar-refractivity contribution is 5.96. The molecule has 2 unspecified atom stereocenters. The molecule has 1 amide bonds. The van der Waals surface area contributed by atoms with Crippen molar-refractivity contribution in [1.29, 1.82) is 0 Å². The Balaban J connectivity index is 1.35. The Labute approximate surface area is 209 Å². The van der Waals surface area contributed by atoms with E-state index in [0.717, 1.165) is 24.8 Å². The van der Waals surface area contributed by atoms with Gasteiger partial charge in [-0.15, -0.1) is 0 Å². The maximum Gasteiger partial charge on any atom is 0.420 e. The lowest BCUT2D eigenvalue weighted by Gasteiger charge is -2.44. The van der Waals surface area contributed by atoms with Gasteiger partial charge < -0.3 is 30.0 Å². The van der Waals surface area contributed by atoms with E-state index in [-0.39, 0.29) is 36.0 Å². The topological polar surface area (TPSA) is 126 Å². The summed E-state index contributed by atoms with van der Waals surface area (Å²) in [6.45, 7) is 8.60. The Hall–Kier alpha value is -3.30. The highest BCUT2D eigenvalue weighted by Crippen LogP contribution is 2.53. The number of benzene rings is 2. The lowest BCUT2D eigenvalue weighted by Crippen LogP contribution is -2.53. The van der Waals surface area contributed by atoms with Gasteiger partial charge >= 0.3 is 5.76 Å². The number of phenols is 1. The number of aromatic hydroxyl groups is 1. The summed E-state index contributed by atoms with van der Waals surface area (Å²) in [5.41, 5.74) is 1.14. The minimum Gasteiger partial charge on any atom is -0.508 e. The Morgan fingerprint density at radius 3 is 2.72 bits per heavy atom. The van der Waals surface area contributed by atoms with Gasteiger partial charge in [-0.05, 0) is 63.6 Å². The summed E-state index contributed by atoms with van der Waals surface area (Å²) in [4.78, 5) is 24.5. The molecule has 3 atom stereocenters. The molecule has 1 aliphatic heterocycles. The minimum absolute atomic E-state index is 0.0656. The van der Waals surface area contributed by atoms with Crippen LogP contribution in [0.3, 0.4) is 0 Å². The van der Waals surface area contributed by atoms with E-state index in [0.29, 0.717) is 22.6 Å². The third-order valence-electron chi connectivity index (χ3n) is 8.34. The van der Waals surface area contributed by atoms with Crippen LogP contribution >= 0.6 is 0 Å². The first kappa shape index (κ1) is 24.4. The molecular weight excluding hydrogens is 462 g/mol. The lowest BCUT2D eigenvalue weighted by molar-refractivity contribution is -0.118. The summed E-state index contributed by atoms with van der Waals surface area (Å²) in [6.07, 6.45) is 1.46. The van der Waals surface area contributed by atoms with Gasteiger partial charge in [0.1, 0.15) is 11.5 Å². The Morgan fingerprint density at radius 2 is 1.94 bits per heavy atom. The van der Waals surface area contributed by atoms with Gasteiger partial charge in [0.25, 0.3) is 5.91 Å². The van der Waals surface area contributed by atoms with Crippen LogP contribution in [0.4, 0.5) is 5.69 Å². The smallest absolute Gasteiger partial charge is 0.420 e. The zero-order valence-electron chi connectivity index (χ0n) is 21.1. The summed E-state index contributed by atoms with van der Waals surface area (Å²) in [5.74, 6) is -0.353. The first-order valence-corrected chi connectivity index (χ1v) is 12.3. The van der Waals surface area contributed by atoms with Crippen LogP contribution in [0.5, 0.6) is 11.5 Å². The maximum atomic E-state index is 12.8. The molecule has 0 radical (unpaired) electrons. The Morgan fingerprint density at radius 1 is 1.19 bits per heavy atom. The van der Waals surface area contributed by atoms with E-state index < -0.39 is 17.2 Å². The SMILES string of the molecule is CC1(n2c(=O)oc3ccccc32)CCC(C)(C(C)(C)NC[C@H](O)c2cc(O)cc3c2OCC(=O)N3)C1. The zero-order chi connectivity index (χ0) is 25.9. The molecule has 0 bridgehead atoms. The second-order valence-electron chi connectivity index (χ2n) is 11.2. The molecular formula is C27H33N3O6. The van der Waals surface area contributed by atoms with Crippen molar-refractivity contribution in [3.63, 3.8) is 0 Å². The van der Waals surface area contributed by atoms with E-state index in [2.05, 4.69) is 38.3 Å². The van der Waals surface area contributed by atoms with Crippen molar-refractivity contribution >= 4 is 22.7 Å². The number of para-hydroxylation sites is 2. The highest BCUT2D eigenvalue weighted by Gasteiger charge is 2.52. The fraction of sp³-hybridized carbons (Fsp3) is 0.481. The molecule has 9 nitrogen and oxygen atoms in total. The normalized spacial score (nSPS) is 24.9. The first-order chi connectivity index (χ1) is 16.9. The quantitative estimate of drug-likeness (QED) is 0.411. The van der Waals surface area contributed by atoms with Gasteiger partial charge in [0.15, 0.2) is 12.2 Å². The number of anilines is 1. The summed E-state index contributed by atoms with van der Waals surface area (Å²) in [6, 6.07) is 10.4. The van der Waals surface area contributed by atoms with E-state index in [1.54, 1.807) is 4.57 Å². The largest absolute Gasteiger partial charge is 0.508 e. The molecule has 4 N–H and O–H groups in total. The third kappa shape index (κ3) is 3.96. The van der Waals surface area contributed by atoms with Crippen molar-refractivity contribution in [1.82, 2.24) is 9.88 Å². The molecule has 1 aromatic heterocycles. The summed E-state index contributed by atoms with van der Waals surface area (Å²) in [5, 5.41) is 27.4. The molecule has 2 aliphatic rings. The minimum atomic E-state index is -0.975. The fourth-order valence-electron chi connectivity index (χ4n) is 5.90. The number of nitrogens with zero attached hydrogens (tertiary/aromatic N) is 1. The van der Waals surface area contributed by atoms with Crippen LogP contribution in [0.15, 0.2) is 45.6 Å². The van der Waals surface area contributed by atoms with Crippen LogP contribution < -0.4 is 21.1 Å². The summed E-state index contributed by atoms with van der Waals surface area (Å²) in [7, 11) is 0. The van der Waals surface area contributed by atoms with Crippen LogP contribution in [-0.2, 0) is 10.3 Å². The van der Waals surface area contributed by atoms with Crippen molar-refractivity contribution in [3.05, 3.63) is 52.5 Å². The Bertz CT molecular complexity index is 1390. The first-order valence-electron chi connectivity index (χ1n) is 12.3. The Kier molecular flexibility index (Phi) is 5.68. The number of rotatable bonds is 6. The van der Waals surface area contributed by atoms with E-state index in [1.165, 1.54) is 12.1 Å². The van der Waals surface area contributed by atoms with Crippen LogP contribution in [0, 0.1) is 5.41 Å². The molecule has 1 fully saturated rings. The van der Waals surface area contributed by atoms with Gasteiger partial charge in [0.2, 0.25) is 0 Å². The van der Waals surface area contributed by atoms with Gasteiger partial charge in [-0.25, -0.2) is 4.79 Å². The second-order valence-corrected chi connectivity index (χ2v) is 11.2. The number of hydrogen-bond acceptors (Lipinski definition) is 7. The lowest BCUT2D eigenvalue weighted by atomic mass is 9.70. The molecule has 5 rings (SSSR count). The predicted molar refractivity (Wildman–Crippen MR) is 135 cm³/mol. The average Bonchev–Trinajstić information content (AvgIpc) is 3.33. The number of aliphatic hydroxyl groups excluding tert-OH is 1. The van der Waals surface area contributed by atoms with Gasteiger partial charge in [-0.3, -0.25) is 9.36 Å². The number of fused-ring (bicyclic) bond motifs is 2. The van der Waals surface area contributed by atoms with E-state index in [9.17, 15) is 19.8 Å². The second kappa shape index (κ2) is 8.38. The molecule has 192 valence electrons. The number of β-amino-alcohol motifs (C(OH)–C–C–N with tert-alkyl or cyclic N) is 1. The molecule has 36 heavy (non-hydrogen) atoms. The van der Waals surface area contributed by atoms with E-state index >= 15 is 0 Å². The number of phenolic OH excluding ortho intramolecular Hbond substituents is 1. The van der Waals surface area contributed by atoms with Gasteiger partial charge in [-0.2, -0.15) is 0 Å². The molecule has 0 spiro atoms. The molecule has 0 saturated heterocycles. The fourth-order valence-corrected chi connectivity index (χ4v) is 5.90. The van der Waals surface area contributed by atoms with Gasteiger partial charge in [0, 0.05) is 29.3 Å². The van der Waals surface area contributed by atoms with Crippen molar-refractivity contribution in [2.45, 2.75) is 64.1 Å². The molecule has 2 aromatic carbocycles. The number of nitrogens with one attached hydrogen (secondary N) is 2. The van der Waals surface area contributed by atoms with Crippen LogP contribution in [0.25, 0.3) is 11.1 Å². The van der Waals surface area contributed by atoms with Crippen molar-refractivity contribution in [3.8, 4) is 11.5 Å². The predicted octanol–water partition coefficient (Wildman–Crippen LogP) is 3.64. The van der Waals surface area contributed by atoms with Gasteiger partial charge in [0.05, 0.1) is 17.3 Å². The number of hydrogen-bond donors (Lipinski definition) is 4. The van der Waals surface area contributed by atoms with Crippen LogP contribution in [-0.4, -0.2) is 39.4 Å². The van der Waals surface area contributed by atoms with Gasteiger partial charge in [-0.1, -0.05) is 19.1 Å². The molecule has 2 heterocycles. The maximum absolute atomic E-state index is 12.8. The molecule has 3 aromatic rings. The molecule has 9 heteroatoms. The molecule has 1 aliphatic carbocycles. The number of oxazole rings is 1. The van der Waals surface area contributed by atoms with Crippen molar-refractivity contribution in [2.24, 2.45) is 5.41 Å². The molecule has 1 saturated carbocycles. The van der Waals surface area contributed by atoms with Crippen molar-refractivity contribution in [2.75, 3.05) is 18.5 Å². The summed E-state index contributed by atoms with van der Waals surface area (Å²) >= 11 is 0. The van der Waals surface area contributed by atoms with E-state index in [1.807, 2.05) is 24.3 Å². The monoisotopic (exact) mass is 495 g/mol. The zero-order valence-corrected chi connectivity index (χ0v) is 21.1. The number of carbonyl (C=O) groups excluding carboxylic acids is 1. The average molecular weight is 496 g/mol. The summed E-state index contributed by atoms with van der Waals surface area (Å²) < 4.78 is 12.9. The van der Waals surface area contributed by atoms with Crippen LogP contribution in [0.1, 0.15) is 58.6 Å². The number of aliphatic hydroxyl groups is 1. The van der Waals surface area contributed by atoms with E-state index in [4.69, 9.17) is 9.15 Å². The van der Waals surface area contributed by atoms with Crippen LogP contribution in [0.2, 0.25) is 0 Å². The number of aromatic nitrogens is 1. The number of carbonyl (C=O) groups is 1. The standard InChI is InChI=1S/C27H33N3O6/c1-25(2,28-13-20(32)17-11-16(31)12-18-23(17)35-14-22(33)29-18)26(3)9-10-27(4,15-26)30-19-7-5-6-8-21(19)36-24(30)34/h5-8,11-12,20,28,31-32H,9-10,13-15H2,1-4H3,(H,29,33)/t20-,26?,27?/m0/s1. The number of amides is 1. The highest BCUT2D eigenvalue weighted by atomic mass is 16.5.